The molecule has 0 saturated carbocycles. The molecule has 126 valence electrons. The number of nitrogens with zero attached hydrogens (tertiary/aromatic N) is 2. The third-order valence-electron chi connectivity index (χ3n) is 4.00. The SMILES string of the molecule is CSC[C@@H](C)C(=O)N1CCC[C@@H](N(CC(=O)O)C(C)=O)CC1. The largest absolute Gasteiger partial charge is 0.480 e. The van der Waals surface area contributed by atoms with E-state index in [1.165, 1.54) is 11.8 Å². The van der Waals surface area contributed by atoms with Crippen LogP contribution in [0.4, 0.5) is 0 Å². The molecule has 1 rings (SSSR count). The minimum atomic E-state index is -0.999. The van der Waals surface area contributed by atoms with Crippen molar-refractivity contribution < 1.29 is 19.5 Å². The Kier molecular flexibility index (Phi) is 7.72. The van der Waals surface area contributed by atoms with Crippen molar-refractivity contribution in [2.24, 2.45) is 5.92 Å². The lowest BCUT2D eigenvalue weighted by molar-refractivity contribution is -0.145. The van der Waals surface area contributed by atoms with Gasteiger partial charge in [-0.3, -0.25) is 14.4 Å². The highest BCUT2D eigenvalue weighted by Crippen LogP contribution is 2.19. The molecule has 0 bridgehead atoms. The number of likely N-dealkylation sites (tertiary alicyclic amines) is 1. The molecule has 0 radical (unpaired) electrons. The number of thioether (sulfide) groups is 1. The number of hydrogen-bond acceptors (Lipinski definition) is 4. The highest BCUT2D eigenvalue weighted by Gasteiger charge is 2.28. The molecule has 0 unspecified atom stereocenters. The minimum absolute atomic E-state index is 0.00511. The summed E-state index contributed by atoms with van der Waals surface area (Å²) in [6, 6.07) is -0.0951. The van der Waals surface area contributed by atoms with Gasteiger partial charge in [-0.1, -0.05) is 6.92 Å². The second kappa shape index (κ2) is 9.02. The fourth-order valence-corrected chi connectivity index (χ4v) is 3.53. The summed E-state index contributed by atoms with van der Waals surface area (Å²) < 4.78 is 0. The molecular formula is C15H26N2O4S. The Morgan fingerprint density at radius 3 is 2.55 bits per heavy atom. The molecule has 1 fully saturated rings. The van der Waals surface area contributed by atoms with E-state index >= 15 is 0 Å². The smallest absolute Gasteiger partial charge is 0.323 e. The van der Waals surface area contributed by atoms with Crippen LogP contribution in [0, 0.1) is 5.92 Å². The summed E-state index contributed by atoms with van der Waals surface area (Å²) in [5, 5.41) is 8.95. The molecule has 0 aromatic heterocycles. The molecule has 6 nitrogen and oxygen atoms in total. The molecule has 2 amide bonds. The van der Waals surface area contributed by atoms with Crippen LogP contribution in [-0.4, -0.2) is 70.4 Å². The lowest BCUT2D eigenvalue weighted by atomic mass is 10.1. The predicted octanol–water partition coefficient (Wildman–Crippen LogP) is 1.30. The third kappa shape index (κ3) is 5.51. The Morgan fingerprint density at radius 2 is 2.00 bits per heavy atom. The number of carboxylic acids is 1. The van der Waals surface area contributed by atoms with Crippen molar-refractivity contribution in [2.75, 3.05) is 31.6 Å². The van der Waals surface area contributed by atoms with Gasteiger partial charge in [-0.2, -0.15) is 11.8 Å². The fraction of sp³-hybridized carbons (Fsp3) is 0.800. The van der Waals surface area contributed by atoms with Gasteiger partial charge in [0.05, 0.1) is 0 Å². The molecule has 0 aliphatic carbocycles. The number of carbonyl (C=O) groups excluding carboxylic acids is 2. The van der Waals surface area contributed by atoms with E-state index in [0.717, 1.165) is 18.6 Å². The molecule has 0 aromatic carbocycles. The first-order valence-corrected chi connectivity index (χ1v) is 9.03. The second-order valence-electron chi connectivity index (χ2n) is 5.81. The molecule has 1 aliphatic rings. The Morgan fingerprint density at radius 1 is 1.32 bits per heavy atom. The maximum Gasteiger partial charge on any atom is 0.323 e. The number of rotatable bonds is 6. The van der Waals surface area contributed by atoms with Crippen LogP contribution in [0.3, 0.4) is 0 Å². The Labute approximate surface area is 136 Å². The molecule has 7 heteroatoms. The Balaban J connectivity index is 2.66. The van der Waals surface area contributed by atoms with Gasteiger partial charge in [-0.05, 0) is 25.5 Å². The fourth-order valence-electron chi connectivity index (χ4n) is 2.89. The van der Waals surface area contributed by atoms with E-state index in [1.807, 2.05) is 18.1 Å². The van der Waals surface area contributed by atoms with Crippen molar-refractivity contribution in [1.82, 2.24) is 9.80 Å². The summed E-state index contributed by atoms with van der Waals surface area (Å²) in [6.45, 7) is 4.35. The number of hydrogen-bond donors (Lipinski definition) is 1. The number of carbonyl (C=O) groups is 3. The highest BCUT2D eigenvalue weighted by atomic mass is 32.2. The predicted molar refractivity (Wildman–Crippen MR) is 86.8 cm³/mol. The first kappa shape index (κ1) is 18.8. The van der Waals surface area contributed by atoms with E-state index in [2.05, 4.69) is 0 Å². The number of amides is 2. The zero-order chi connectivity index (χ0) is 16.7. The maximum atomic E-state index is 12.4. The molecule has 2 atom stereocenters. The van der Waals surface area contributed by atoms with Gasteiger partial charge in [-0.15, -0.1) is 0 Å². The summed E-state index contributed by atoms with van der Waals surface area (Å²) in [6.07, 6.45) is 4.17. The molecule has 0 spiro atoms. The van der Waals surface area contributed by atoms with Gasteiger partial charge in [0, 0.05) is 37.7 Å². The van der Waals surface area contributed by atoms with E-state index in [1.54, 1.807) is 11.8 Å². The quantitative estimate of drug-likeness (QED) is 0.794. The average molecular weight is 330 g/mol. The highest BCUT2D eigenvalue weighted by molar-refractivity contribution is 7.98. The second-order valence-corrected chi connectivity index (χ2v) is 6.72. The van der Waals surface area contributed by atoms with Gasteiger partial charge < -0.3 is 14.9 Å². The molecule has 1 N–H and O–H groups in total. The van der Waals surface area contributed by atoms with Gasteiger partial charge in [0.15, 0.2) is 0 Å². The van der Waals surface area contributed by atoms with E-state index in [-0.39, 0.29) is 30.3 Å². The summed E-state index contributed by atoms with van der Waals surface area (Å²) in [4.78, 5) is 38.2. The van der Waals surface area contributed by atoms with Gasteiger partial charge in [-0.25, -0.2) is 0 Å². The summed E-state index contributed by atoms with van der Waals surface area (Å²) in [5.74, 6) is -0.266. The van der Waals surface area contributed by atoms with Crippen LogP contribution < -0.4 is 0 Å². The molecule has 1 aliphatic heterocycles. The average Bonchev–Trinajstić information content (AvgIpc) is 2.69. The molecule has 1 saturated heterocycles. The van der Waals surface area contributed by atoms with Crippen LogP contribution >= 0.6 is 11.8 Å². The zero-order valence-corrected chi connectivity index (χ0v) is 14.4. The summed E-state index contributed by atoms with van der Waals surface area (Å²) >= 11 is 1.66. The van der Waals surface area contributed by atoms with Crippen LogP contribution in [0.5, 0.6) is 0 Å². The normalized spacial score (nSPS) is 20.1. The van der Waals surface area contributed by atoms with Gasteiger partial charge in [0.2, 0.25) is 11.8 Å². The van der Waals surface area contributed by atoms with Crippen molar-refractivity contribution in [3.05, 3.63) is 0 Å². The number of aliphatic carboxylic acids is 1. The Hall–Kier alpha value is -1.24. The maximum absolute atomic E-state index is 12.4. The molecular weight excluding hydrogens is 304 g/mol. The van der Waals surface area contributed by atoms with E-state index in [0.29, 0.717) is 19.5 Å². The van der Waals surface area contributed by atoms with Crippen molar-refractivity contribution in [3.63, 3.8) is 0 Å². The third-order valence-corrected chi connectivity index (χ3v) is 4.83. The molecule has 0 aromatic rings. The minimum Gasteiger partial charge on any atom is -0.480 e. The van der Waals surface area contributed by atoms with Crippen LogP contribution in [0.1, 0.15) is 33.1 Å². The van der Waals surface area contributed by atoms with Crippen molar-refractivity contribution in [2.45, 2.75) is 39.2 Å². The van der Waals surface area contributed by atoms with Crippen LogP contribution in [-0.2, 0) is 14.4 Å². The summed E-state index contributed by atoms with van der Waals surface area (Å²) in [7, 11) is 0. The monoisotopic (exact) mass is 330 g/mol. The zero-order valence-electron chi connectivity index (χ0n) is 13.6. The van der Waals surface area contributed by atoms with E-state index in [4.69, 9.17) is 5.11 Å². The standard InChI is InChI=1S/C15H26N2O4S/c1-11(10-22-3)15(21)16-7-4-5-13(6-8-16)17(12(2)18)9-14(19)20/h11,13H,4-10H2,1-3H3,(H,19,20)/t11-,13-/m1/s1. The van der Waals surface area contributed by atoms with Gasteiger partial charge in [0.25, 0.3) is 0 Å². The summed E-state index contributed by atoms with van der Waals surface area (Å²) in [5.41, 5.74) is 0. The number of carboxylic acid groups (broad SMARTS) is 1. The van der Waals surface area contributed by atoms with Gasteiger partial charge >= 0.3 is 5.97 Å². The van der Waals surface area contributed by atoms with Crippen molar-refractivity contribution in [3.8, 4) is 0 Å². The van der Waals surface area contributed by atoms with Crippen molar-refractivity contribution >= 4 is 29.5 Å². The van der Waals surface area contributed by atoms with Crippen LogP contribution in [0.2, 0.25) is 0 Å². The lowest BCUT2D eigenvalue weighted by Crippen LogP contribution is -2.43. The van der Waals surface area contributed by atoms with Crippen LogP contribution in [0.25, 0.3) is 0 Å². The molecule has 1 heterocycles. The van der Waals surface area contributed by atoms with Crippen molar-refractivity contribution in [1.29, 1.82) is 0 Å². The van der Waals surface area contributed by atoms with E-state index in [9.17, 15) is 14.4 Å². The van der Waals surface area contributed by atoms with Crippen LogP contribution in [0.15, 0.2) is 0 Å². The topological polar surface area (TPSA) is 77.9 Å². The lowest BCUT2D eigenvalue weighted by Gasteiger charge is -2.29. The van der Waals surface area contributed by atoms with E-state index < -0.39 is 5.97 Å². The first-order chi connectivity index (χ1) is 10.4. The Bertz CT molecular complexity index is 416. The molecule has 22 heavy (non-hydrogen) atoms. The van der Waals surface area contributed by atoms with Gasteiger partial charge in [0.1, 0.15) is 6.54 Å². The first-order valence-electron chi connectivity index (χ1n) is 7.63.